The smallest absolute Gasteiger partial charge is 0.240 e. The number of halogens is 1. The molecule has 1 N–H and O–H groups in total. The Hall–Kier alpha value is -0.780. The number of nitrogens with one attached hydrogen (secondary N) is 1. The first-order valence-electron chi connectivity index (χ1n) is 7.97. The van der Waals surface area contributed by atoms with Crippen LogP contribution in [-0.2, 0) is 10.0 Å². The minimum atomic E-state index is -3.52. The average molecular weight is 346 g/mol. The van der Waals surface area contributed by atoms with Crippen LogP contribution in [0.4, 0.5) is 0 Å². The fourth-order valence-corrected chi connectivity index (χ4v) is 4.09. The third kappa shape index (κ3) is 4.86. The van der Waals surface area contributed by atoms with Gasteiger partial charge in [-0.1, -0.05) is 44.2 Å². The Morgan fingerprint density at radius 3 is 2.68 bits per heavy atom. The molecule has 0 heterocycles. The first-order valence-corrected chi connectivity index (χ1v) is 9.83. The third-order valence-corrected chi connectivity index (χ3v) is 5.73. The molecule has 1 saturated carbocycles. The van der Waals surface area contributed by atoms with Gasteiger partial charge in [-0.2, -0.15) is 0 Å². The van der Waals surface area contributed by atoms with E-state index in [1.807, 2.05) is 0 Å². The maximum atomic E-state index is 12.5. The van der Waals surface area contributed by atoms with Crippen LogP contribution in [0.1, 0.15) is 51.9 Å². The van der Waals surface area contributed by atoms with E-state index in [1.165, 1.54) is 18.6 Å². The van der Waals surface area contributed by atoms with Crippen molar-refractivity contribution < 1.29 is 13.2 Å². The highest BCUT2D eigenvalue weighted by Gasteiger charge is 2.22. The van der Waals surface area contributed by atoms with E-state index in [9.17, 15) is 8.42 Å². The third-order valence-electron chi connectivity index (χ3n) is 3.90. The molecule has 0 amide bonds. The van der Waals surface area contributed by atoms with Gasteiger partial charge in [0.05, 0.1) is 16.5 Å². The number of hydrogen-bond donors (Lipinski definition) is 1. The van der Waals surface area contributed by atoms with E-state index in [0.29, 0.717) is 17.4 Å². The molecule has 1 aliphatic carbocycles. The molecular formula is C16H24ClNO3S. The first kappa shape index (κ1) is 17.6. The van der Waals surface area contributed by atoms with E-state index in [1.54, 1.807) is 6.07 Å². The van der Waals surface area contributed by atoms with Crippen molar-refractivity contribution >= 4 is 21.6 Å². The maximum absolute atomic E-state index is 12.5. The highest BCUT2D eigenvalue weighted by atomic mass is 35.5. The number of rotatable bonds is 7. The van der Waals surface area contributed by atoms with Crippen molar-refractivity contribution in [3.05, 3.63) is 23.2 Å². The fraction of sp³-hybridized carbons (Fsp3) is 0.625. The van der Waals surface area contributed by atoms with Gasteiger partial charge in [0.2, 0.25) is 10.0 Å². The zero-order chi connectivity index (χ0) is 16.0. The fourth-order valence-electron chi connectivity index (χ4n) is 2.60. The molecule has 1 fully saturated rings. The van der Waals surface area contributed by atoms with Crippen molar-refractivity contribution in [1.29, 1.82) is 0 Å². The van der Waals surface area contributed by atoms with Crippen molar-refractivity contribution in [3.8, 4) is 5.75 Å². The molecule has 1 aliphatic rings. The van der Waals surface area contributed by atoms with Crippen LogP contribution >= 0.6 is 11.6 Å². The van der Waals surface area contributed by atoms with Crippen LogP contribution in [0, 0.1) is 0 Å². The minimum Gasteiger partial charge on any atom is -0.492 e. The lowest BCUT2D eigenvalue weighted by atomic mass is 9.96. The van der Waals surface area contributed by atoms with Crippen molar-refractivity contribution in [3.63, 3.8) is 0 Å². The normalized spacial score (nSPS) is 16.6. The van der Waals surface area contributed by atoms with Crippen LogP contribution in [-0.4, -0.2) is 21.1 Å². The van der Waals surface area contributed by atoms with Gasteiger partial charge in [0.25, 0.3) is 0 Å². The molecule has 22 heavy (non-hydrogen) atoms. The summed E-state index contributed by atoms with van der Waals surface area (Å²) in [5.74, 6) is 0.432. The molecule has 0 aliphatic heterocycles. The zero-order valence-corrected chi connectivity index (χ0v) is 14.5. The van der Waals surface area contributed by atoms with Gasteiger partial charge in [0.1, 0.15) is 5.75 Å². The van der Waals surface area contributed by atoms with Gasteiger partial charge in [0.15, 0.2) is 0 Å². The first-order chi connectivity index (χ1) is 10.5. The lowest BCUT2D eigenvalue weighted by molar-refractivity contribution is 0.308. The molecular weight excluding hydrogens is 322 g/mol. The zero-order valence-electron chi connectivity index (χ0n) is 13.0. The number of unbranched alkanes of at least 4 members (excludes halogenated alkanes) is 1. The molecule has 0 atom stereocenters. The highest BCUT2D eigenvalue weighted by molar-refractivity contribution is 7.89. The van der Waals surface area contributed by atoms with Crippen molar-refractivity contribution in [2.75, 3.05) is 6.61 Å². The second-order valence-corrected chi connectivity index (χ2v) is 7.87. The summed E-state index contributed by atoms with van der Waals surface area (Å²) in [5.41, 5.74) is 0. The van der Waals surface area contributed by atoms with E-state index >= 15 is 0 Å². The molecule has 124 valence electrons. The van der Waals surface area contributed by atoms with Gasteiger partial charge in [-0.05, 0) is 31.4 Å². The number of benzene rings is 1. The van der Waals surface area contributed by atoms with Crippen LogP contribution in [0.25, 0.3) is 0 Å². The van der Waals surface area contributed by atoms with E-state index in [4.69, 9.17) is 16.3 Å². The Labute approximate surface area is 138 Å². The predicted molar refractivity (Wildman–Crippen MR) is 89.0 cm³/mol. The molecule has 0 spiro atoms. The van der Waals surface area contributed by atoms with E-state index in [0.717, 1.165) is 38.5 Å². The number of sulfonamides is 1. The van der Waals surface area contributed by atoms with Gasteiger partial charge >= 0.3 is 0 Å². The number of hydrogen-bond acceptors (Lipinski definition) is 3. The van der Waals surface area contributed by atoms with Gasteiger partial charge in [-0.15, -0.1) is 0 Å². The molecule has 1 aromatic rings. The molecule has 0 radical (unpaired) electrons. The average Bonchev–Trinajstić information content (AvgIpc) is 2.50. The summed E-state index contributed by atoms with van der Waals surface area (Å²) in [4.78, 5) is 0.217. The van der Waals surface area contributed by atoms with E-state index < -0.39 is 10.0 Å². The predicted octanol–water partition coefficient (Wildman–Crippen LogP) is 4.13. The topological polar surface area (TPSA) is 55.4 Å². The highest BCUT2D eigenvalue weighted by Crippen LogP contribution is 2.28. The summed E-state index contributed by atoms with van der Waals surface area (Å²) in [7, 11) is -3.52. The summed E-state index contributed by atoms with van der Waals surface area (Å²) in [6, 6.07) is 4.67. The lowest BCUT2D eigenvalue weighted by Gasteiger charge is -2.22. The van der Waals surface area contributed by atoms with Gasteiger partial charge in [-0.3, -0.25) is 0 Å². The Morgan fingerprint density at radius 1 is 1.27 bits per heavy atom. The summed E-state index contributed by atoms with van der Waals surface area (Å²) in [5, 5.41) is 0.438. The molecule has 4 nitrogen and oxygen atoms in total. The molecule has 6 heteroatoms. The summed E-state index contributed by atoms with van der Waals surface area (Å²) in [6.07, 6.45) is 7.10. The maximum Gasteiger partial charge on any atom is 0.240 e. The Bertz CT molecular complexity index is 583. The molecule has 2 rings (SSSR count). The lowest BCUT2D eigenvalue weighted by Crippen LogP contribution is -2.36. The number of ether oxygens (including phenoxy) is 1. The largest absolute Gasteiger partial charge is 0.492 e. The second-order valence-electron chi connectivity index (χ2n) is 5.75. The second kappa shape index (κ2) is 8.18. The molecule has 0 bridgehead atoms. The van der Waals surface area contributed by atoms with Gasteiger partial charge in [0, 0.05) is 12.1 Å². The van der Waals surface area contributed by atoms with E-state index in [-0.39, 0.29) is 10.9 Å². The van der Waals surface area contributed by atoms with Crippen LogP contribution in [0.5, 0.6) is 5.75 Å². The summed E-state index contributed by atoms with van der Waals surface area (Å²) >= 11 is 6.08. The van der Waals surface area contributed by atoms with Gasteiger partial charge < -0.3 is 4.74 Å². The molecule has 1 aromatic carbocycles. The monoisotopic (exact) mass is 345 g/mol. The molecule has 0 saturated heterocycles. The van der Waals surface area contributed by atoms with Crippen LogP contribution in [0.2, 0.25) is 5.02 Å². The standard InChI is InChI=1S/C16H24ClNO3S/c1-2-3-11-21-16-12-14(9-10-15(16)17)22(19,20)18-13-7-5-4-6-8-13/h9-10,12-13,18H,2-8,11H2,1H3. The SMILES string of the molecule is CCCCOc1cc(S(=O)(=O)NC2CCCCC2)ccc1Cl. The van der Waals surface area contributed by atoms with Crippen molar-refractivity contribution in [1.82, 2.24) is 4.72 Å². The summed E-state index contributed by atoms with van der Waals surface area (Å²) in [6.45, 7) is 2.61. The Balaban J connectivity index is 2.10. The Kier molecular flexibility index (Phi) is 6.53. The van der Waals surface area contributed by atoms with Crippen molar-refractivity contribution in [2.24, 2.45) is 0 Å². The molecule has 0 aromatic heterocycles. The van der Waals surface area contributed by atoms with Crippen LogP contribution < -0.4 is 9.46 Å². The molecule has 0 unspecified atom stereocenters. The quantitative estimate of drug-likeness (QED) is 0.756. The van der Waals surface area contributed by atoms with Crippen molar-refractivity contribution in [2.45, 2.75) is 62.8 Å². The van der Waals surface area contributed by atoms with E-state index in [2.05, 4.69) is 11.6 Å². The minimum absolute atomic E-state index is 0.0406. The Morgan fingerprint density at radius 2 is 2.00 bits per heavy atom. The summed E-state index contributed by atoms with van der Waals surface area (Å²) < 4.78 is 33.3. The van der Waals surface area contributed by atoms with Crippen LogP contribution in [0.3, 0.4) is 0 Å². The van der Waals surface area contributed by atoms with Gasteiger partial charge in [-0.25, -0.2) is 13.1 Å². The van der Waals surface area contributed by atoms with Crippen LogP contribution in [0.15, 0.2) is 23.1 Å².